The molecule has 168 valence electrons. The molecule has 0 unspecified atom stereocenters. The van der Waals surface area contributed by atoms with E-state index in [1.165, 1.54) is 6.33 Å². The van der Waals surface area contributed by atoms with Gasteiger partial charge in [0.2, 0.25) is 0 Å². The van der Waals surface area contributed by atoms with Crippen molar-refractivity contribution in [2.45, 2.75) is 18.9 Å². The second-order valence-corrected chi connectivity index (χ2v) is 8.92. The van der Waals surface area contributed by atoms with Crippen molar-refractivity contribution in [1.82, 2.24) is 34.7 Å². The van der Waals surface area contributed by atoms with E-state index in [1.54, 1.807) is 27.6 Å². The van der Waals surface area contributed by atoms with E-state index in [9.17, 15) is 4.79 Å². The second kappa shape index (κ2) is 8.23. The average Bonchev–Trinajstić information content (AvgIpc) is 3.60. The number of hydrogen-bond acceptors (Lipinski definition) is 5. The third-order valence-electron chi connectivity index (χ3n) is 6.07. The van der Waals surface area contributed by atoms with E-state index in [-0.39, 0.29) is 11.6 Å². The van der Waals surface area contributed by atoms with Crippen molar-refractivity contribution in [3.63, 3.8) is 0 Å². The molecule has 0 fully saturated rings. The van der Waals surface area contributed by atoms with Crippen LogP contribution in [0.25, 0.3) is 28.1 Å². The Morgan fingerprint density at radius 2 is 1.91 bits per heavy atom. The fraction of sp³-hybridized carbons (Fsp3) is 0.125. The summed E-state index contributed by atoms with van der Waals surface area (Å²) in [6.45, 7) is 0. The van der Waals surface area contributed by atoms with E-state index >= 15 is 0 Å². The Labute approximate surface area is 203 Å². The van der Waals surface area contributed by atoms with Gasteiger partial charge in [-0.25, -0.2) is 4.98 Å². The van der Waals surface area contributed by atoms with E-state index in [4.69, 9.17) is 23.2 Å². The fourth-order valence-electron chi connectivity index (χ4n) is 4.54. The Bertz CT molecular complexity index is 1570. The number of aromatic amines is 1. The molecule has 0 amide bonds. The highest BCUT2D eigenvalue weighted by molar-refractivity contribution is 6.33. The number of nitrogens with zero attached hydrogens (tertiary/aromatic N) is 6. The van der Waals surface area contributed by atoms with Gasteiger partial charge in [-0.15, -0.1) is 5.10 Å². The number of hydrogen-bond donors (Lipinski definition) is 1. The van der Waals surface area contributed by atoms with Gasteiger partial charge in [0.05, 0.1) is 23.6 Å². The Morgan fingerprint density at radius 3 is 2.74 bits per heavy atom. The summed E-state index contributed by atoms with van der Waals surface area (Å²) in [7, 11) is 0. The molecule has 34 heavy (non-hydrogen) atoms. The maximum absolute atomic E-state index is 13.3. The zero-order valence-electron chi connectivity index (χ0n) is 17.7. The van der Waals surface area contributed by atoms with Crippen LogP contribution in [0.5, 0.6) is 0 Å². The van der Waals surface area contributed by atoms with Gasteiger partial charge in [0.15, 0.2) is 0 Å². The molecule has 2 aromatic carbocycles. The molecule has 3 aromatic heterocycles. The maximum atomic E-state index is 13.3. The van der Waals surface area contributed by atoms with Gasteiger partial charge in [-0.3, -0.25) is 4.79 Å². The number of aromatic nitrogens is 7. The molecule has 6 rings (SSSR count). The lowest BCUT2D eigenvalue weighted by molar-refractivity contribution is 0.572. The van der Waals surface area contributed by atoms with Crippen LogP contribution < -0.4 is 5.56 Å². The molecule has 0 bridgehead atoms. The summed E-state index contributed by atoms with van der Waals surface area (Å²) in [6.07, 6.45) is 4.79. The fourth-order valence-corrected chi connectivity index (χ4v) is 4.95. The van der Waals surface area contributed by atoms with Gasteiger partial charge in [-0.2, -0.15) is 4.68 Å². The molecular weight excluding hydrogens is 473 g/mol. The quantitative estimate of drug-likeness (QED) is 0.393. The SMILES string of the molecule is O=c1cc(-c2cc(Cl)ccc2-n2cnnn2)cc2n1[C@H](c1ncc(-c3ccccc3Cl)[nH]1)CC2. The van der Waals surface area contributed by atoms with E-state index in [1.807, 2.05) is 42.5 Å². The number of aryl methyl sites for hydroxylation is 1. The normalized spacial score (nSPS) is 14.9. The van der Waals surface area contributed by atoms with Gasteiger partial charge < -0.3 is 9.55 Å². The zero-order chi connectivity index (χ0) is 23.2. The Balaban J connectivity index is 1.40. The Kier molecular flexibility index (Phi) is 5.04. The number of fused-ring (bicyclic) bond motifs is 1. The minimum absolute atomic E-state index is 0.103. The highest BCUT2D eigenvalue weighted by Crippen LogP contribution is 2.35. The largest absolute Gasteiger partial charge is 0.340 e. The van der Waals surface area contributed by atoms with Gasteiger partial charge >= 0.3 is 0 Å². The van der Waals surface area contributed by atoms with Crippen LogP contribution in [-0.2, 0) is 6.42 Å². The number of rotatable bonds is 4. The highest BCUT2D eigenvalue weighted by Gasteiger charge is 2.28. The van der Waals surface area contributed by atoms with E-state index in [0.717, 1.165) is 52.4 Å². The van der Waals surface area contributed by atoms with Gasteiger partial charge in [0.25, 0.3) is 5.56 Å². The molecule has 8 nitrogen and oxygen atoms in total. The van der Waals surface area contributed by atoms with Crippen molar-refractivity contribution in [1.29, 1.82) is 0 Å². The van der Waals surface area contributed by atoms with Crippen LogP contribution in [0.3, 0.4) is 0 Å². The van der Waals surface area contributed by atoms with Crippen LogP contribution >= 0.6 is 23.2 Å². The van der Waals surface area contributed by atoms with Crippen molar-refractivity contribution in [2.75, 3.05) is 0 Å². The van der Waals surface area contributed by atoms with Crippen LogP contribution in [0.15, 0.2) is 71.9 Å². The minimum Gasteiger partial charge on any atom is -0.340 e. The van der Waals surface area contributed by atoms with Crippen LogP contribution in [-0.4, -0.2) is 34.7 Å². The molecule has 1 aliphatic rings. The number of pyridine rings is 1. The predicted molar refractivity (Wildman–Crippen MR) is 129 cm³/mol. The molecule has 1 aliphatic heterocycles. The molecule has 0 saturated heterocycles. The van der Waals surface area contributed by atoms with E-state index in [2.05, 4.69) is 25.5 Å². The number of tetrazole rings is 1. The molecule has 10 heteroatoms. The zero-order valence-corrected chi connectivity index (χ0v) is 19.2. The molecule has 5 aromatic rings. The van der Waals surface area contributed by atoms with Crippen LogP contribution in [0.4, 0.5) is 0 Å². The summed E-state index contributed by atoms with van der Waals surface area (Å²) in [5, 5.41) is 12.6. The van der Waals surface area contributed by atoms with Crippen molar-refractivity contribution >= 4 is 23.2 Å². The Hall–Kier alpha value is -3.75. The summed E-state index contributed by atoms with van der Waals surface area (Å²) >= 11 is 12.6. The first-order valence-corrected chi connectivity index (χ1v) is 11.4. The number of imidazole rings is 1. The first kappa shape index (κ1) is 20.8. The number of benzene rings is 2. The summed E-state index contributed by atoms with van der Waals surface area (Å²) in [4.78, 5) is 21.3. The van der Waals surface area contributed by atoms with Gasteiger partial charge in [0.1, 0.15) is 12.2 Å². The third kappa shape index (κ3) is 3.52. The summed E-state index contributed by atoms with van der Waals surface area (Å²) in [5.74, 6) is 0.737. The molecule has 0 aliphatic carbocycles. The third-order valence-corrected chi connectivity index (χ3v) is 6.64. The lowest BCUT2D eigenvalue weighted by Gasteiger charge is -2.15. The topological polar surface area (TPSA) is 94.3 Å². The summed E-state index contributed by atoms with van der Waals surface area (Å²) < 4.78 is 3.36. The van der Waals surface area contributed by atoms with Crippen molar-refractivity contribution in [3.8, 4) is 28.1 Å². The number of H-pyrrole nitrogens is 1. The molecule has 1 atom stereocenters. The molecular formula is C24H17Cl2N7O. The minimum atomic E-state index is -0.175. The van der Waals surface area contributed by atoms with Crippen molar-refractivity contribution in [3.05, 3.63) is 99.0 Å². The lowest BCUT2D eigenvalue weighted by Crippen LogP contribution is -2.23. The van der Waals surface area contributed by atoms with Gasteiger partial charge in [-0.1, -0.05) is 41.4 Å². The second-order valence-electron chi connectivity index (χ2n) is 8.08. The lowest BCUT2D eigenvalue weighted by atomic mass is 10.0. The summed E-state index contributed by atoms with van der Waals surface area (Å²) in [5.41, 5.74) is 4.82. The van der Waals surface area contributed by atoms with Crippen LogP contribution in [0.1, 0.15) is 24.0 Å². The van der Waals surface area contributed by atoms with Crippen molar-refractivity contribution < 1.29 is 0 Å². The average molecular weight is 490 g/mol. The number of halogens is 2. The standard InChI is InChI=1S/C24H17Cl2N7O/c25-15-5-7-21(32-13-28-30-31-32)18(11-15)14-9-16-6-8-22(33(16)23(34)10-14)24-27-12-20(29-24)17-3-1-2-4-19(17)26/h1-5,7,9-13,22H,6,8H2,(H,27,29)/t22-/m0/s1. The highest BCUT2D eigenvalue weighted by atomic mass is 35.5. The molecule has 0 radical (unpaired) electrons. The van der Waals surface area contributed by atoms with Crippen LogP contribution in [0.2, 0.25) is 10.0 Å². The van der Waals surface area contributed by atoms with Gasteiger partial charge in [-0.05, 0) is 59.2 Å². The smallest absolute Gasteiger partial charge is 0.252 e. The maximum Gasteiger partial charge on any atom is 0.252 e. The first-order valence-electron chi connectivity index (χ1n) is 10.7. The van der Waals surface area contributed by atoms with E-state index < -0.39 is 0 Å². The molecule has 4 heterocycles. The van der Waals surface area contributed by atoms with E-state index in [0.29, 0.717) is 10.0 Å². The van der Waals surface area contributed by atoms with Gasteiger partial charge in [0, 0.05) is 32.9 Å². The Morgan fingerprint density at radius 1 is 1.03 bits per heavy atom. The monoisotopic (exact) mass is 489 g/mol. The first-order chi connectivity index (χ1) is 16.6. The molecule has 0 saturated carbocycles. The molecule has 1 N–H and O–H groups in total. The predicted octanol–water partition coefficient (Wildman–Crippen LogP) is 4.72. The summed E-state index contributed by atoms with van der Waals surface area (Å²) in [6, 6.07) is 16.5. The molecule has 0 spiro atoms. The van der Waals surface area contributed by atoms with Crippen molar-refractivity contribution in [2.24, 2.45) is 0 Å². The number of nitrogens with one attached hydrogen (secondary N) is 1. The van der Waals surface area contributed by atoms with Crippen LogP contribution in [0, 0.1) is 0 Å².